The number of carbonyl (C=O) groups excluding carboxylic acids is 2. The fraction of sp³-hybridized carbons (Fsp3) is 0.0811. The summed E-state index contributed by atoms with van der Waals surface area (Å²) in [6.45, 7) is 1.48. The molecule has 1 aliphatic rings. The van der Waals surface area contributed by atoms with E-state index in [0.717, 1.165) is 0 Å². The first-order chi connectivity index (χ1) is 20.2. The largest absolute Gasteiger partial charge is 0.324 e. The standard InChI is InChI=1S/C37H28N2O2/c40-34(38-33-17-9-8-16-32(33)37(41)27-12-2-1-3-13-27)24-39-22-28-20-18-25-10-4-6-14-30(25)35(28)36-29(23-39)21-19-26-11-5-7-15-31(26)36/h1-21H,22-24H2,(H,38,40). The van der Waals surface area contributed by atoms with Gasteiger partial charge in [0.25, 0.3) is 0 Å². The van der Waals surface area contributed by atoms with Crippen molar-refractivity contribution in [3.63, 3.8) is 0 Å². The number of fused-ring (bicyclic) bond motifs is 7. The fourth-order valence-corrected chi connectivity index (χ4v) is 6.06. The molecule has 0 atom stereocenters. The average Bonchev–Trinajstić information content (AvgIpc) is 3.18. The predicted octanol–water partition coefficient (Wildman–Crippen LogP) is 7.85. The van der Waals surface area contributed by atoms with Gasteiger partial charge in [0, 0.05) is 24.2 Å². The van der Waals surface area contributed by atoms with Crippen molar-refractivity contribution in [2.45, 2.75) is 13.1 Å². The highest BCUT2D eigenvalue weighted by molar-refractivity contribution is 6.14. The Kier molecular flexibility index (Phi) is 6.38. The lowest BCUT2D eigenvalue weighted by Gasteiger charge is -2.21. The Morgan fingerprint density at radius 2 is 1.12 bits per heavy atom. The van der Waals surface area contributed by atoms with Gasteiger partial charge in [-0.3, -0.25) is 14.5 Å². The minimum atomic E-state index is -0.148. The van der Waals surface area contributed by atoms with E-state index in [1.807, 2.05) is 30.3 Å². The summed E-state index contributed by atoms with van der Waals surface area (Å²) in [5.74, 6) is -0.261. The molecule has 1 amide bonds. The third-order valence-electron chi connectivity index (χ3n) is 7.92. The number of hydrogen-bond donors (Lipinski definition) is 1. The van der Waals surface area contributed by atoms with Crippen LogP contribution in [0.5, 0.6) is 0 Å². The van der Waals surface area contributed by atoms with Crippen LogP contribution in [0.25, 0.3) is 32.7 Å². The molecule has 6 aromatic carbocycles. The molecule has 0 bridgehead atoms. The van der Waals surface area contributed by atoms with E-state index in [1.54, 1.807) is 24.3 Å². The SMILES string of the molecule is O=C(CN1Cc2ccc3ccccc3c2-c2c(ccc3ccccc23)C1)Nc1ccccc1C(=O)c1ccccc1. The number of para-hydroxylation sites is 1. The molecule has 0 aliphatic carbocycles. The second-order valence-corrected chi connectivity index (χ2v) is 10.6. The molecule has 6 aromatic rings. The van der Waals surface area contributed by atoms with E-state index in [4.69, 9.17) is 0 Å². The molecule has 0 spiro atoms. The van der Waals surface area contributed by atoms with Crippen LogP contribution in [0.4, 0.5) is 5.69 Å². The first-order valence-corrected chi connectivity index (χ1v) is 13.9. The minimum absolute atomic E-state index is 0.113. The summed E-state index contributed by atoms with van der Waals surface area (Å²) in [6.07, 6.45) is 0. The van der Waals surface area contributed by atoms with Crippen molar-refractivity contribution in [3.05, 3.63) is 150 Å². The second kappa shape index (κ2) is 10.5. The Balaban J connectivity index is 1.24. The quantitative estimate of drug-likeness (QED) is 0.230. The van der Waals surface area contributed by atoms with E-state index >= 15 is 0 Å². The Labute approximate surface area is 238 Å². The second-order valence-electron chi connectivity index (χ2n) is 10.6. The highest BCUT2D eigenvalue weighted by Gasteiger charge is 2.25. The number of carbonyl (C=O) groups is 2. The van der Waals surface area contributed by atoms with Crippen molar-refractivity contribution in [2.24, 2.45) is 0 Å². The minimum Gasteiger partial charge on any atom is -0.324 e. The van der Waals surface area contributed by atoms with Crippen LogP contribution in [0, 0.1) is 0 Å². The van der Waals surface area contributed by atoms with Gasteiger partial charge in [-0.25, -0.2) is 0 Å². The molecule has 41 heavy (non-hydrogen) atoms. The van der Waals surface area contributed by atoms with Gasteiger partial charge in [-0.15, -0.1) is 0 Å². The molecular formula is C37H28N2O2. The van der Waals surface area contributed by atoms with Crippen LogP contribution in [-0.2, 0) is 17.9 Å². The number of nitrogens with zero attached hydrogens (tertiary/aromatic N) is 1. The molecule has 4 nitrogen and oxygen atoms in total. The molecule has 0 fully saturated rings. The molecule has 0 saturated heterocycles. The number of rotatable bonds is 5. The number of anilines is 1. The Morgan fingerprint density at radius 3 is 1.76 bits per heavy atom. The van der Waals surface area contributed by atoms with Gasteiger partial charge >= 0.3 is 0 Å². The van der Waals surface area contributed by atoms with E-state index < -0.39 is 0 Å². The zero-order valence-electron chi connectivity index (χ0n) is 22.5. The van der Waals surface area contributed by atoms with Crippen molar-refractivity contribution in [1.82, 2.24) is 4.90 Å². The van der Waals surface area contributed by atoms with Crippen LogP contribution >= 0.6 is 0 Å². The summed E-state index contributed by atoms with van der Waals surface area (Å²) in [5.41, 5.74) is 6.50. The smallest absolute Gasteiger partial charge is 0.238 e. The lowest BCUT2D eigenvalue weighted by Crippen LogP contribution is -2.32. The molecule has 198 valence electrons. The number of ketones is 1. The van der Waals surface area contributed by atoms with E-state index in [1.165, 1.54) is 43.8 Å². The normalized spacial score (nSPS) is 12.9. The van der Waals surface area contributed by atoms with Gasteiger partial charge in [-0.05, 0) is 55.9 Å². The maximum Gasteiger partial charge on any atom is 0.238 e. The zero-order chi connectivity index (χ0) is 27.8. The van der Waals surface area contributed by atoms with Crippen molar-refractivity contribution in [3.8, 4) is 11.1 Å². The van der Waals surface area contributed by atoms with Gasteiger partial charge in [0.05, 0.1) is 12.2 Å². The molecule has 7 rings (SSSR count). The third-order valence-corrected chi connectivity index (χ3v) is 7.92. The third kappa shape index (κ3) is 4.69. The lowest BCUT2D eigenvalue weighted by atomic mass is 9.88. The van der Waals surface area contributed by atoms with Gasteiger partial charge in [0.2, 0.25) is 5.91 Å². The van der Waals surface area contributed by atoms with Crippen molar-refractivity contribution < 1.29 is 9.59 Å². The lowest BCUT2D eigenvalue weighted by molar-refractivity contribution is -0.117. The number of nitrogens with one attached hydrogen (secondary N) is 1. The Morgan fingerprint density at radius 1 is 0.585 bits per heavy atom. The van der Waals surface area contributed by atoms with Crippen molar-refractivity contribution >= 4 is 38.9 Å². The number of amides is 1. The zero-order valence-corrected chi connectivity index (χ0v) is 22.5. The van der Waals surface area contributed by atoms with Gasteiger partial charge in [0.1, 0.15) is 0 Å². The molecule has 4 heteroatoms. The van der Waals surface area contributed by atoms with Crippen LogP contribution in [0.2, 0.25) is 0 Å². The molecule has 0 aromatic heterocycles. The van der Waals surface area contributed by atoms with E-state index in [9.17, 15) is 9.59 Å². The Bertz CT molecular complexity index is 1860. The van der Waals surface area contributed by atoms with Crippen LogP contribution < -0.4 is 5.32 Å². The summed E-state index contributed by atoms with van der Waals surface area (Å²) in [6, 6.07) is 42.2. The summed E-state index contributed by atoms with van der Waals surface area (Å²) < 4.78 is 0. The van der Waals surface area contributed by atoms with E-state index in [0.29, 0.717) is 29.9 Å². The van der Waals surface area contributed by atoms with Gasteiger partial charge in [-0.2, -0.15) is 0 Å². The maximum atomic E-state index is 13.5. The van der Waals surface area contributed by atoms with E-state index in [-0.39, 0.29) is 18.2 Å². The van der Waals surface area contributed by atoms with Gasteiger partial charge < -0.3 is 5.32 Å². The first kappa shape index (κ1) is 24.9. The van der Waals surface area contributed by atoms with Crippen molar-refractivity contribution in [1.29, 1.82) is 0 Å². The number of benzene rings is 6. The highest BCUT2D eigenvalue weighted by Crippen LogP contribution is 2.42. The monoisotopic (exact) mass is 532 g/mol. The topological polar surface area (TPSA) is 49.4 Å². The molecule has 0 unspecified atom stereocenters. The summed E-state index contributed by atoms with van der Waals surface area (Å²) >= 11 is 0. The van der Waals surface area contributed by atoms with Crippen molar-refractivity contribution in [2.75, 3.05) is 11.9 Å². The molecular weight excluding hydrogens is 504 g/mol. The average molecular weight is 533 g/mol. The van der Waals surface area contributed by atoms with Crippen LogP contribution in [0.1, 0.15) is 27.0 Å². The van der Waals surface area contributed by atoms with Crippen LogP contribution in [0.15, 0.2) is 127 Å². The predicted molar refractivity (Wildman–Crippen MR) is 166 cm³/mol. The highest BCUT2D eigenvalue weighted by atomic mass is 16.2. The maximum absolute atomic E-state index is 13.5. The van der Waals surface area contributed by atoms with Gasteiger partial charge in [-0.1, -0.05) is 115 Å². The van der Waals surface area contributed by atoms with E-state index in [2.05, 4.69) is 83.0 Å². The summed E-state index contributed by atoms with van der Waals surface area (Å²) in [4.78, 5) is 28.9. The summed E-state index contributed by atoms with van der Waals surface area (Å²) in [5, 5.41) is 7.89. The van der Waals surface area contributed by atoms with Crippen LogP contribution in [0.3, 0.4) is 0 Å². The van der Waals surface area contributed by atoms with Gasteiger partial charge in [0.15, 0.2) is 5.78 Å². The molecule has 0 saturated carbocycles. The number of hydrogen-bond acceptors (Lipinski definition) is 3. The fourth-order valence-electron chi connectivity index (χ4n) is 6.06. The van der Waals surface area contributed by atoms with Crippen LogP contribution in [-0.4, -0.2) is 23.1 Å². The molecule has 1 heterocycles. The molecule has 0 radical (unpaired) electrons. The Hall–Kier alpha value is -5.06. The first-order valence-electron chi connectivity index (χ1n) is 13.9. The summed E-state index contributed by atoms with van der Waals surface area (Å²) in [7, 11) is 0. The molecule has 1 N–H and O–H groups in total. The molecule has 1 aliphatic heterocycles.